The molecule has 0 saturated carbocycles. The quantitative estimate of drug-likeness (QED) is 0.0169. The zero-order valence-electron chi connectivity index (χ0n) is 66.3. The molecule has 0 bridgehead atoms. The molecule has 17 nitrogen and oxygen atoms in total. The number of aliphatic hydroxyl groups is 1. The number of ether oxygens (including phenoxy) is 4. The number of unbranched alkanes of at least 4 members (excludes halogenated alkanes) is 26. The summed E-state index contributed by atoms with van der Waals surface area (Å²) in [5.74, 6) is -2.26. The second kappa shape index (κ2) is 78.1. The first-order chi connectivity index (χ1) is 51.7. The van der Waals surface area contributed by atoms with Crippen molar-refractivity contribution in [2.45, 2.75) is 341 Å². The van der Waals surface area contributed by atoms with Gasteiger partial charge in [-0.1, -0.05) is 283 Å². The summed E-state index contributed by atoms with van der Waals surface area (Å²) in [5.41, 5.74) is 0. The summed E-state index contributed by atoms with van der Waals surface area (Å²) in [6, 6.07) is 0. The second-order valence-electron chi connectivity index (χ2n) is 26.9. The fourth-order valence-corrected chi connectivity index (χ4v) is 12.2. The molecule has 0 heterocycles. The van der Waals surface area contributed by atoms with Crippen molar-refractivity contribution >= 4 is 39.5 Å². The Bertz CT molecular complexity index is 2580. The Morgan fingerprint density at radius 1 is 0.274 bits per heavy atom. The van der Waals surface area contributed by atoms with E-state index >= 15 is 0 Å². The lowest BCUT2D eigenvalue weighted by molar-refractivity contribution is -0.161. The van der Waals surface area contributed by atoms with E-state index in [9.17, 15) is 43.2 Å². The number of hydrogen-bond acceptors (Lipinski definition) is 15. The van der Waals surface area contributed by atoms with Gasteiger partial charge in [-0.25, -0.2) is 9.13 Å². The van der Waals surface area contributed by atoms with Crippen molar-refractivity contribution in [1.29, 1.82) is 0 Å². The highest BCUT2D eigenvalue weighted by Crippen LogP contribution is 2.45. The molecule has 0 amide bonds. The minimum absolute atomic E-state index is 0.0352. The molecule has 0 aromatic rings. The van der Waals surface area contributed by atoms with Gasteiger partial charge in [-0.15, -0.1) is 0 Å². The first kappa shape index (κ1) is 101. The Labute approximate surface area is 643 Å². The number of aliphatic hydroxyl groups excluding tert-OH is 1. The average Bonchev–Trinajstić information content (AvgIpc) is 0.909. The largest absolute Gasteiger partial charge is 0.472 e. The van der Waals surface area contributed by atoms with Crippen molar-refractivity contribution in [3.05, 3.63) is 146 Å². The number of hydrogen-bond donors (Lipinski definition) is 3. The zero-order chi connectivity index (χ0) is 77.4. The van der Waals surface area contributed by atoms with Crippen molar-refractivity contribution < 1.29 is 80.2 Å². The summed E-state index contributed by atoms with van der Waals surface area (Å²) in [6.45, 7) is 4.47. The zero-order valence-corrected chi connectivity index (χ0v) is 68.1. The SMILES string of the molecule is CC/C=C\C/C=C\C/C=C\C/C=C\CCCCCCCCC(=O)OCC(COP(=O)(O)OCC(O)COP(=O)(O)OCC(COC(=O)CCCCCCCCC/C=C\C/C=C\C/C=C\CC)OC(=O)CCCCCCC/C=C\CCCCCCCC)OC(=O)CCCC/C=C\C/C=C\C/C=C\C/C=C\CC. The molecule has 0 rings (SSSR count). The maximum atomic E-state index is 13.1. The van der Waals surface area contributed by atoms with Crippen LogP contribution in [0.15, 0.2) is 146 Å². The van der Waals surface area contributed by atoms with Crippen LogP contribution >= 0.6 is 15.6 Å². The third kappa shape index (κ3) is 77.1. The number of carbonyl (C=O) groups is 4. The summed E-state index contributed by atoms with van der Waals surface area (Å²) in [7, 11) is -9.99. The first-order valence-electron chi connectivity index (χ1n) is 41.1. The van der Waals surface area contributed by atoms with Gasteiger partial charge in [-0.05, 0) is 161 Å². The van der Waals surface area contributed by atoms with Crippen LogP contribution in [0.4, 0.5) is 0 Å². The van der Waals surface area contributed by atoms with E-state index in [-0.39, 0.29) is 25.7 Å². The van der Waals surface area contributed by atoms with E-state index in [4.69, 9.17) is 37.0 Å². The van der Waals surface area contributed by atoms with Crippen molar-refractivity contribution in [1.82, 2.24) is 0 Å². The highest BCUT2D eigenvalue weighted by atomic mass is 31.2. The molecule has 0 aliphatic carbocycles. The predicted octanol–water partition coefficient (Wildman–Crippen LogP) is 24.2. The van der Waals surface area contributed by atoms with E-state index in [1.165, 1.54) is 38.5 Å². The van der Waals surface area contributed by atoms with E-state index in [1.54, 1.807) is 0 Å². The first-order valence-corrected chi connectivity index (χ1v) is 44.1. The van der Waals surface area contributed by atoms with Gasteiger partial charge in [0.05, 0.1) is 26.4 Å². The minimum atomic E-state index is -5.00. The molecular weight excluding hydrogens is 1380 g/mol. The second-order valence-corrected chi connectivity index (χ2v) is 29.8. The van der Waals surface area contributed by atoms with E-state index in [0.29, 0.717) is 32.1 Å². The number of phosphoric ester groups is 2. The van der Waals surface area contributed by atoms with Crippen LogP contribution in [-0.2, 0) is 65.4 Å². The van der Waals surface area contributed by atoms with Gasteiger partial charge in [0.25, 0.3) is 0 Å². The lowest BCUT2D eigenvalue weighted by Gasteiger charge is -2.21. The summed E-state index contributed by atoms with van der Waals surface area (Å²) < 4.78 is 68.7. The van der Waals surface area contributed by atoms with Crippen molar-refractivity contribution in [3.63, 3.8) is 0 Å². The summed E-state index contributed by atoms with van der Waals surface area (Å²) in [6.07, 6.45) is 89.6. The predicted molar refractivity (Wildman–Crippen MR) is 436 cm³/mol. The molecule has 0 fully saturated rings. The maximum Gasteiger partial charge on any atom is 0.472 e. The molecule has 606 valence electrons. The number of esters is 4. The molecule has 3 N–H and O–H groups in total. The number of allylic oxidation sites excluding steroid dienone is 24. The van der Waals surface area contributed by atoms with Gasteiger partial charge in [-0.3, -0.25) is 37.3 Å². The van der Waals surface area contributed by atoms with E-state index < -0.39 is 97.5 Å². The number of carbonyl (C=O) groups excluding carboxylic acids is 4. The topological polar surface area (TPSA) is 237 Å². The van der Waals surface area contributed by atoms with Crippen LogP contribution in [0.5, 0.6) is 0 Å². The van der Waals surface area contributed by atoms with E-state index in [1.807, 2.05) is 0 Å². The molecule has 5 unspecified atom stereocenters. The Hall–Kier alpha value is -5.06. The molecule has 106 heavy (non-hydrogen) atoms. The molecular formula is C87H146O17P2. The van der Waals surface area contributed by atoms with Gasteiger partial charge in [-0.2, -0.15) is 0 Å². The molecule has 19 heteroatoms. The van der Waals surface area contributed by atoms with Gasteiger partial charge < -0.3 is 33.8 Å². The Morgan fingerprint density at radius 2 is 0.491 bits per heavy atom. The maximum absolute atomic E-state index is 13.1. The monoisotopic (exact) mass is 1530 g/mol. The molecule has 0 radical (unpaired) electrons. The van der Waals surface area contributed by atoms with Crippen LogP contribution in [0.25, 0.3) is 0 Å². The summed E-state index contributed by atoms with van der Waals surface area (Å²) in [5, 5.41) is 10.7. The highest BCUT2D eigenvalue weighted by Gasteiger charge is 2.30. The molecule has 0 aromatic carbocycles. The van der Waals surface area contributed by atoms with Gasteiger partial charge in [0.1, 0.15) is 19.3 Å². The Balaban J connectivity index is 5.42. The normalized spacial score (nSPS) is 14.6. The smallest absolute Gasteiger partial charge is 0.462 e. The van der Waals surface area contributed by atoms with E-state index in [2.05, 4.69) is 174 Å². The summed E-state index contributed by atoms with van der Waals surface area (Å²) >= 11 is 0. The fourth-order valence-electron chi connectivity index (χ4n) is 10.6. The lowest BCUT2D eigenvalue weighted by atomic mass is 10.1. The highest BCUT2D eigenvalue weighted by molar-refractivity contribution is 7.47. The van der Waals surface area contributed by atoms with Crippen LogP contribution in [0.2, 0.25) is 0 Å². The van der Waals surface area contributed by atoms with Crippen LogP contribution in [0.1, 0.15) is 323 Å². The van der Waals surface area contributed by atoms with Crippen LogP contribution < -0.4 is 0 Å². The van der Waals surface area contributed by atoms with E-state index in [0.717, 1.165) is 199 Å². The summed E-state index contributed by atoms with van der Waals surface area (Å²) in [4.78, 5) is 73.1. The van der Waals surface area contributed by atoms with Crippen LogP contribution in [0.3, 0.4) is 0 Å². The van der Waals surface area contributed by atoms with Crippen molar-refractivity contribution in [2.75, 3.05) is 39.6 Å². The molecule has 0 spiro atoms. The van der Waals surface area contributed by atoms with Crippen molar-refractivity contribution in [3.8, 4) is 0 Å². The Morgan fingerprint density at radius 3 is 0.783 bits per heavy atom. The lowest BCUT2D eigenvalue weighted by Crippen LogP contribution is -2.30. The van der Waals surface area contributed by atoms with Crippen molar-refractivity contribution in [2.24, 2.45) is 0 Å². The van der Waals surface area contributed by atoms with Crippen LogP contribution in [-0.4, -0.2) is 96.7 Å². The number of rotatable bonds is 76. The molecule has 0 aromatic heterocycles. The van der Waals surface area contributed by atoms with Gasteiger partial charge >= 0.3 is 39.5 Å². The third-order valence-corrected chi connectivity index (χ3v) is 18.7. The average molecular weight is 1530 g/mol. The molecule has 5 atom stereocenters. The fraction of sp³-hybridized carbons (Fsp3) is 0.678. The van der Waals surface area contributed by atoms with Gasteiger partial charge in [0.2, 0.25) is 0 Å². The van der Waals surface area contributed by atoms with Crippen LogP contribution in [0, 0.1) is 0 Å². The molecule has 0 saturated heterocycles. The van der Waals surface area contributed by atoms with Gasteiger partial charge in [0, 0.05) is 25.7 Å². The third-order valence-electron chi connectivity index (χ3n) is 16.8. The standard InChI is InChI=1S/C87H146O17P2/c1-5-9-13-17-21-25-29-33-37-39-40-42-46-48-52-56-60-64-68-72-85(90)98-78-83(104-87(92)74-70-66-62-58-54-50-44-36-32-28-24-20-16-12-8-4)80-102-106(95,96)100-76-81(88)75-99-105(93,94)101-79-82(103-86(91)73-69-65-61-57-53-49-43-35-31-27-23-19-15-11-7-3)77-97-84(89)71-67-63-59-55-51-47-45-41-38-34-30-26-22-18-14-10-6-2/h9-10,12-14,16,21-22,24-26,28,33-38,40,42-44,54,58,81-83,88H,5-8,11,15,17-20,23,27,29-32,39,41,45-53,55-57,59-80H2,1-4H3,(H,93,94)(H,95,96)/b13-9-,14-10-,16-12-,25-21-,26-22-,28-24-,37-33-,38-34-,42-40-,43-35-,44-36-,58-54-. The Kier molecular flexibility index (Phi) is 74.3. The molecule has 0 aliphatic heterocycles. The molecule has 0 aliphatic rings. The van der Waals surface area contributed by atoms with Gasteiger partial charge in [0.15, 0.2) is 12.2 Å². The minimum Gasteiger partial charge on any atom is -0.462 e. The number of phosphoric acid groups is 2.